The van der Waals surface area contributed by atoms with E-state index in [1.54, 1.807) is 11.5 Å². The van der Waals surface area contributed by atoms with Crippen LogP contribution in [-0.4, -0.2) is 56.2 Å². The fourth-order valence-electron chi connectivity index (χ4n) is 4.13. The van der Waals surface area contributed by atoms with Gasteiger partial charge in [-0.15, -0.1) is 0 Å². The Bertz CT molecular complexity index is 1230. The van der Waals surface area contributed by atoms with Crippen LogP contribution in [0.1, 0.15) is 11.4 Å². The van der Waals surface area contributed by atoms with Gasteiger partial charge in [0.25, 0.3) is 0 Å². The van der Waals surface area contributed by atoms with E-state index in [2.05, 4.69) is 43.5 Å². The molecule has 0 aliphatic carbocycles. The van der Waals surface area contributed by atoms with Gasteiger partial charge in [0.1, 0.15) is 5.82 Å². The highest BCUT2D eigenvalue weighted by molar-refractivity contribution is 7.13. The van der Waals surface area contributed by atoms with Crippen LogP contribution < -0.4 is 10.6 Å². The number of aryl methyl sites for hydroxylation is 2. The van der Waals surface area contributed by atoms with Gasteiger partial charge < -0.3 is 4.90 Å². The Balaban J connectivity index is 1.26. The molecule has 7 nitrogen and oxygen atoms in total. The second-order valence-corrected chi connectivity index (χ2v) is 8.48. The summed E-state index contributed by atoms with van der Waals surface area (Å²) in [4.78, 5) is 17.6. The molecule has 1 aliphatic rings. The van der Waals surface area contributed by atoms with E-state index in [4.69, 9.17) is 0 Å². The molecule has 1 aliphatic heterocycles. The Morgan fingerprint density at radius 2 is 1.83 bits per heavy atom. The summed E-state index contributed by atoms with van der Waals surface area (Å²) in [6.45, 7) is 9.31. The number of anilines is 1. The number of rotatable bonds is 4. The molecule has 0 bridgehead atoms. The quantitative estimate of drug-likeness (QED) is 0.519. The summed E-state index contributed by atoms with van der Waals surface area (Å²) in [6.07, 6.45) is 0. The zero-order chi connectivity index (χ0) is 20.0. The molecule has 0 radical (unpaired) electrons. The van der Waals surface area contributed by atoms with Gasteiger partial charge in [-0.25, -0.2) is 4.79 Å². The Hall–Kier alpha value is -2.71. The third kappa shape index (κ3) is 3.32. The van der Waals surface area contributed by atoms with Gasteiger partial charge in [-0.1, -0.05) is 12.1 Å². The lowest BCUT2D eigenvalue weighted by Gasteiger charge is -2.35. The summed E-state index contributed by atoms with van der Waals surface area (Å²) < 4.78 is 9.27. The van der Waals surface area contributed by atoms with E-state index in [9.17, 15) is 4.79 Å². The van der Waals surface area contributed by atoms with Gasteiger partial charge in [0, 0.05) is 50.3 Å². The molecule has 1 aromatic carbocycles. The molecule has 150 valence electrons. The SMILES string of the molecule is Cc1cc2cc(C)n(CCN3CCN(c4nsc5ccccc45)CC3)c(=O)n2n1. The van der Waals surface area contributed by atoms with Crippen molar-refractivity contribution in [2.24, 2.45) is 0 Å². The summed E-state index contributed by atoms with van der Waals surface area (Å²) >= 11 is 1.57. The molecule has 3 aromatic heterocycles. The zero-order valence-electron chi connectivity index (χ0n) is 16.7. The molecule has 4 heterocycles. The fourth-order valence-corrected chi connectivity index (χ4v) is 4.93. The topological polar surface area (TPSA) is 58.7 Å². The van der Waals surface area contributed by atoms with Crippen LogP contribution in [0, 0.1) is 13.8 Å². The van der Waals surface area contributed by atoms with Gasteiger partial charge >= 0.3 is 5.69 Å². The first-order valence-electron chi connectivity index (χ1n) is 9.99. The highest BCUT2D eigenvalue weighted by atomic mass is 32.1. The van der Waals surface area contributed by atoms with E-state index in [1.807, 2.05) is 30.5 Å². The molecule has 0 atom stereocenters. The number of hydrogen-bond donors (Lipinski definition) is 0. The Labute approximate surface area is 173 Å². The molecular formula is C21H24N6OS. The number of nitrogens with zero attached hydrogens (tertiary/aromatic N) is 6. The van der Waals surface area contributed by atoms with Crippen LogP contribution in [0.5, 0.6) is 0 Å². The molecule has 1 fully saturated rings. The second-order valence-electron chi connectivity index (χ2n) is 7.67. The van der Waals surface area contributed by atoms with Crippen LogP contribution in [0.15, 0.2) is 41.2 Å². The van der Waals surface area contributed by atoms with E-state index in [0.717, 1.165) is 55.4 Å². The van der Waals surface area contributed by atoms with Crippen molar-refractivity contribution < 1.29 is 0 Å². The summed E-state index contributed by atoms with van der Waals surface area (Å²) in [5.41, 5.74) is 2.66. The molecule has 29 heavy (non-hydrogen) atoms. The van der Waals surface area contributed by atoms with Crippen molar-refractivity contribution >= 4 is 33.0 Å². The lowest BCUT2D eigenvalue weighted by atomic mass is 10.2. The average molecular weight is 409 g/mol. The summed E-state index contributed by atoms with van der Waals surface area (Å²) in [6, 6.07) is 12.4. The van der Waals surface area contributed by atoms with Gasteiger partial charge in [0.05, 0.1) is 15.9 Å². The minimum absolute atomic E-state index is 0.0549. The van der Waals surface area contributed by atoms with Crippen LogP contribution in [0.4, 0.5) is 5.82 Å². The van der Waals surface area contributed by atoms with Gasteiger partial charge in [0.15, 0.2) is 0 Å². The largest absolute Gasteiger partial charge is 0.353 e. The number of benzene rings is 1. The zero-order valence-corrected chi connectivity index (χ0v) is 17.5. The van der Waals surface area contributed by atoms with Crippen molar-refractivity contribution in [3.8, 4) is 0 Å². The first kappa shape index (κ1) is 18.3. The molecule has 0 saturated carbocycles. The summed E-state index contributed by atoms with van der Waals surface area (Å²) in [5.74, 6) is 1.11. The van der Waals surface area contributed by atoms with Crippen LogP contribution in [0.3, 0.4) is 0 Å². The van der Waals surface area contributed by atoms with E-state index < -0.39 is 0 Å². The van der Waals surface area contributed by atoms with Gasteiger partial charge in [-0.2, -0.15) is 14.0 Å². The average Bonchev–Trinajstić information content (AvgIpc) is 3.31. The van der Waals surface area contributed by atoms with Crippen molar-refractivity contribution in [1.29, 1.82) is 0 Å². The Morgan fingerprint density at radius 1 is 1.03 bits per heavy atom. The summed E-state index contributed by atoms with van der Waals surface area (Å²) in [7, 11) is 0. The van der Waals surface area contributed by atoms with Crippen LogP contribution in [0.2, 0.25) is 0 Å². The van der Waals surface area contributed by atoms with E-state index in [1.165, 1.54) is 14.6 Å². The maximum absolute atomic E-state index is 12.8. The van der Waals surface area contributed by atoms with E-state index in [-0.39, 0.29) is 5.69 Å². The fraction of sp³-hybridized carbons (Fsp3) is 0.381. The van der Waals surface area contributed by atoms with E-state index >= 15 is 0 Å². The maximum atomic E-state index is 12.8. The van der Waals surface area contributed by atoms with Crippen LogP contribution in [-0.2, 0) is 6.54 Å². The predicted molar refractivity (Wildman–Crippen MR) is 117 cm³/mol. The van der Waals surface area contributed by atoms with Gasteiger partial charge in [-0.05, 0) is 49.6 Å². The Morgan fingerprint density at radius 3 is 2.66 bits per heavy atom. The molecule has 0 spiro atoms. The number of aromatic nitrogens is 4. The van der Waals surface area contributed by atoms with Gasteiger partial charge in [0.2, 0.25) is 0 Å². The van der Waals surface area contributed by atoms with Crippen molar-refractivity contribution in [1.82, 2.24) is 23.5 Å². The first-order chi connectivity index (χ1) is 14.1. The van der Waals surface area contributed by atoms with Gasteiger partial charge in [-0.3, -0.25) is 9.47 Å². The lowest BCUT2D eigenvalue weighted by Crippen LogP contribution is -2.48. The third-order valence-electron chi connectivity index (χ3n) is 5.72. The molecular weight excluding hydrogens is 384 g/mol. The van der Waals surface area contributed by atoms with Crippen LogP contribution >= 0.6 is 11.5 Å². The number of piperazine rings is 1. The van der Waals surface area contributed by atoms with Crippen LogP contribution in [0.25, 0.3) is 15.6 Å². The highest BCUT2D eigenvalue weighted by Gasteiger charge is 2.21. The molecule has 0 amide bonds. The molecule has 5 rings (SSSR count). The highest BCUT2D eigenvalue weighted by Crippen LogP contribution is 2.29. The lowest BCUT2D eigenvalue weighted by molar-refractivity contribution is 0.245. The normalized spacial score (nSPS) is 15.6. The molecule has 1 saturated heterocycles. The molecule has 0 unspecified atom stereocenters. The predicted octanol–water partition coefficient (Wildman–Crippen LogP) is 2.54. The van der Waals surface area contributed by atoms with E-state index in [0.29, 0.717) is 6.54 Å². The van der Waals surface area contributed by atoms with Crippen molar-refractivity contribution in [3.05, 3.63) is 58.3 Å². The minimum Gasteiger partial charge on any atom is -0.353 e. The third-order valence-corrected chi connectivity index (χ3v) is 6.54. The standard InChI is InChI=1S/C21H24N6OS/c1-15-13-17-14-16(2)26(21(28)27(17)22-15)12-9-24-7-10-25(11-8-24)20-18-5-3-4-6-19(18)29-23-20/h3-6,13-14H,7-12H2,1-2H3. The molecule has 0 N–H and O–H groups in total. The van der Waals surface area contributed by atoms with Crippen molar-refractivity contribution in [2.75, 3.05) is 37.6 Å². The summed E-state index contributed by atoms with van der Waals surface area (Å²) in [5, 5.41) is 5.58. The van der Waals surface area contributed by atoms with Crippen molar-refractivity contribution in [2.45, 2.75) is 20.4 Å². The first-order valence-corrected chi connectivity index (χ1v) is 10.8. The smallest absolute Gasteiger partial charge is 0.349 e. The number of hydrogen-bond acceptors (Lipinski definition) is 6. The Kier molecular flexibility index (Phi) is 4.60. The number of fused-ring (bicyclic) bond motifs is 2. The van der Waals surface area contributed by atoms with Crippen molar-refractivity contribution in [3.63, 3.8) is 0 Å². The monoisotopic (exact) mass is 408 g/mol. The minimum atomic E-state index is -0.0549. The maximum Gasteiger partial charge on any atom is 0.349 e. The second kappa shape index (κ2) is 7.27. The molecule has 8 heteroatoms. The molecule has 4 aromatic rings.